The van der Waals surface area contributed by atoms with Crippen molar-refractivity contribution in [3.63, 3.8) is 0 Å². The van der Waals surface area contributed by atoms with Gasteiger partial charge in [0.05, 0.1) is 5.92 Å². The molecular formula is C30H36BrN3O4. The van der Waals surface area contributed by atoms with Crippen LogP contribution in [0.3, 0.4) is 0 Å². The fourth-order valence-electron chi connectivity index (χ4n) is 5.71. The molecule has 5 rings (SSSR count). The SMILES string of the molecule is CC(C)(C)OC(=O)N1CC(Cc2cccc(Br)c2)C(CN(C(=O)C2CC(=O)Nc3ccccc32)C2CC2)C1. The predicted octanol–water partition coefficient (Wildman–Crippen LogP) is 5.59. The number of rotatable bonds is 6. The number of halogens is 1. The minimum Gasteiger partial charge on any atom is -0.444 e. The number of ether oxygens (including phenoxy) is 1. The number of para-hydroxylation sites is 1. The average Bonchev–Trinajstić information content (AvgIpc) is 3.61. The number of hydrogen-bond donors (Lipinski definition) is 1. The Kier molecular flexibility index (Phi) is 7.54. The van der Waals surface area contributed by atoms with Crippen LogP contribution in [0.2, 0.25) is 0 Å². The van der Waals surface area contributed by atoms with E-state index in [1.165, 1.54) is 5.56 Å². The first-order valence-corrected chi connectivity index (χ1v) is 14.3. The van der Waals surface area contributed by atoms with Crippen LogP contribution in [-0.2, 0) is 20.7 Å². The summed E-state index contributed by atoms with van der Waals surface area (Å²) < 4.78 is 6.73. The molecule has 38 heavy (non-hydrogen) atoms. The van der Waals surface area contributed by atoms with E-state index in [9.17, 15) is 14.4 Å². The summed E-state index contributed by atoms with van der Waals surface area (Å²) in [5, 5.41) is 2.91. The lowest BCUT2D eigenvalue weighted by molar-refractivity contribution is -0.136. The molecule has 2 heterocycles. The number of carbonyl (C=O) groups is 3. The Morgan fingerprint density at radius 2 is 1.82 bits per heavy atom. The summed E-state index contributed by atoms with van der Waals surface area (Å²) >= 11 is 3.57. The second kappa shape index (κ2) is 10.7. The van der Waals surface area contributed by atoms with Crippen LogP contribution in [0.1, 0.15) is 57.1 Å². The predicted molar refractivity (Wildman–Crippen MR) is 150 cm³/mol. The molecule has 1 saturated heterocycles. The number of anilines is 1. The first kappa shape index (κ1) is 26.7. The molecular weight excluding hydrogens is 546 g/mol. The van der Waals surface area contributed by atoms with Crippen molar-refractivity contribution >= 4 is 39.5 Å². The third-order valence-corrected chi connectivity index (χ3v) is 8.11. The smallest absolute Gasteiger partial charge is 0.410 e. The summed E-state index contributed by atoms with van der Waals surface area (Å²) in [6.07, 6.45) is 2.62. The first-order chi connectivity index (χ1) is 18.1. The van der Waals surface area contributed by atoms with Crippen molar-refractivity contribution < 1.29 is 19.1 Å². The van der Waals surface area contributed by atoms with Crippen LogP contribution in [0.4, 0.5) is 10.5 Å². The van der Waals surface area contributed by atoms with Gasteiger partial charge in [-0.2, -0.15) is 0 Å². The molecule has 3 amide bonds. The highest BCUT2D eigenvalue weighted by Crippen LogP contribution is 2.39. The van der Waals surface area contributed by atoms with Crippen LogP contribution >= 0.6 is 15.9 Å². The molecule has 1 aliphatic carbocycles. The van der Waals surface area contributed by atoms with Gasteiger partial charge in [-0.15, -0.1) is 0 Å². The molecule has 0 spiro atoms. The molecule has 2 fully saturated rings. The van der Waals surface area contributed by atoms with E-state index in [2.05, 4.69) is 33.4 Å². The quantitative estimate of drug-likeness (QED) is 0.482. The third kappa shape index (κ3) is 6.22. The van der Waals surface area contributed by atoms with E-state index < -0.39 is 11.5 Å². The Labute approximate surface area is 233 Å². The van der Waals surface area contributed by atoms with Gasteiger partial charge in [-0.3, -0.25) is 9.59 Å². The van der Waals surface area contributed by atoms with E-state index in [0.29, 0.717) is 19.6 Å². The van der Waals surface area contributed by atoms with Gasteiger partial charge >= 0.3 is 6.09 Å². The second-order valence-corrected chi connectivity index (χ2v) is 12.8. The summed E-state index contributed by atoms with van der Waals surface area (Å²) in [5.74, 6) is -0.284. The van der Waals surface area contributed by atoms with E-state index in [1.54, 1.807) is 4.90 Å². The normalized spacial score (nSPS) is 23.0. The number of likely N-dealkylation sites (tertiary alicyclic amines) is 1. The van der Waals surface area contributed by atoms with Crippen LogP contribution in [0.15, 0.2) is 53.0 Å². The summed E-state index contributed by atoms with van der Waals surface area (Å²) in [6, 6.07) is 16.1. The van der Waals surface area contributed by atoms with Gasteiger partial charge in [0, 0.05) is 42.3 Å². The standard InChI is InChI=1S/C30H36BrN3O4/c1-30(2,3)38-29(37)33-16-20(13-19-7-6-8-22(31)14-19)21(17-33)18-34(23-11-12-23)28(36)25-15-27(35)32-26-10-5-4-9-24(25)26/h4-10,14,20-21,23,25H,11-13,15-18H2,1-3H3,(H,32,35). The van der Waals surface area contributed by atoms with Gasteiger partial charge in [0.2, 0.25) is 11.8 Å². The maximum Gasteiger partial charge on any atom is 0.410 e. The van der Waals surface area contributed by atoms with Crippen LogP contribution in [-0.4, -0.2) is 59.0 Å². The highest BCUT2D eigenvalue weighted by atomic mass is 79.9. The van der Waals surface area contributed by atoms with Crippen molar-refractivity contribution in [3.05, 3.63) is 64.1 Å². The zero-order chi connectivity index (χ0) is 27.0. The molecule has 2 aromatic rings. The van der Waals surface area contributed by atoms with Crippen LogP contribution in [0.5, 0.6) is 0 Å². The molecule has 3 atom stereocenters. The molecule has 0 aromatic heterocycles. The second-order valence-electron chi connectivity index (χ2n) is 11.9. The molecule has 8 heteroatoms. The lowest BCUT2D eigenvalue weighted by atomic mass is 9.87. The monoisotopic (exact) mass is 581 g/mol. The fraction of sp³-hybridized carbons (Fsp3) is 0.500. The average molecular weight is 583 g/mol. The Morgan fingerprint density at radius 3 is 2.53 bits per heavy atom. The molecule has 1 saturated carbocycles. The van der Waals surface area contributed by atoms with Gasteiger partial charge in [-0.25, -0.2) is 4.79 Å². The number of hydrogen-bond acceptors (Lipinski definition) is 4. The number of nitrogens with zero attached hydrogens (tertiary/aromatic N) is 2. The molecule has 0 bridgehead atoms. The minimum atomic E-state index is -0.570. The highest BCUT2D eigenvalue weighted by molar-refractivity contribution is 9.10. The zero-order valence-corrected chi connectivity index (χ0v) is 23.9. The maximum absolute atomic E-state index is 14.0. The molecule has 2 aliphatic heterocycles. The topological polar surface area (TPSA) is 79.0 Å². The summed E-state index contributed by atoms with van der Waals surface area (Å²) in [6.45, 7) is 7.34. The van der Waals surface area contributed by atoms with E-state index in [-0.39, 0.29) is 42.2 Å². The van der Waals surface area contributed by atoms with Gasteiger partial charge in [-0.1, -0.05) is 46.3 Å². The van der Waals surface area contributed by atoms with Crippen LogP contribution in [0, 0.1) is 11.8 Å². The first-order valence-electron chi connectivity index (χ1n) is 13.5. The lowest BCUT2D eigenvalue weighted by Gasteiger charge is -2.33. The molecule has 2 aromatic carbocycles. The summed E-state index contributed by atoms with van der Waals surface area (Å²) in [5.41, 5.74) is 2.24. The van der Waals surface area contributed by atoms with Crippen LogP contribution in [0.25, 0.3) is 0 Å². The fourth-order valence-corrected chi connectivity index (χ4v) is 6.16. The van der Waals surface area contributed by atoms with Gasteiger partial charge in [0.25, 0.3) is 0 Å². The van der Waals surface area contributed by atoms with Crippen molar-refractivity contribution in [1.82, 2.24) is 9.80 Å². The Morgan fingerprint density at radius 1 is 1.08 bits per heavy atom. The van der Waals surface area contributed by atoms with Gasteiger partial charge in [-0.05, 0) is 81.2 Å². The number of benzene rings is 2. The lowest BCUT2D eigenvalue weighted by Crippen LogP contribution is -2.44. The number of nitrogens with one attached hydrogen (secondary N) is 1. The third-order valence-electron chi connectivity index (χ3n) is 7.61. The molecule has 202 valence electrons. The highest BCUT2D eigenvalue weighted by Gasteiger charge is 2.44. The number of carbonyl (C=O) groups excluding carboxylic acids is 3. The van der Waals surface area contributed by atoms with Gasteiger partial charge in [0.15, 0.2) is 0 Å². The van der Waals surface area contributed by atoms with Crippen molar-refractivity contribution in [2.24, 2.45) is 11.8 Å². The van der Waals surface area contributed by atoms with E-state index in [4.69, 9.17) is 4.74 Å². The summed E-state index contributed by atoms with van der Waals surface area (Å²) in [7, 11) is 0. The Bertz CT molecular complexity index is 1220. The molecule has 1 N–H and O–H groups in total. The Balaban J connectivity index is 1.38. The molecule has 7 nitrogen and oxygen atoms in total. The minimum absolute atomic E-state index is 0.0201. The van der Waals surface area contributed by atoms with Gasteiger partial charge < -0.3 is 19.9 Å². The zero-order valence-electron chi connectivity index (χ0n) is 22.3. The molecule has 0 radical (unpaired) electrons. The van der Waals surface area contributed by atoms with Gasteiger partial charge in [0.1, 0.15) is 5.60 Å². The Hall–Kier alpha value is -2.87. The van der Waals surface area contributed by atoms with Crippen molar-refractivity contribution in [2.75, 3.05) is 25.0 Å². The maximum atomic E-state index is 14.0. The summed E-state index contributed by atoms with van der Waals surface area (Å²) in [4.78, 5) is 43.3. The molecule has 3 unspecified atom stereocenters. The van der Waals surface area contributed by atoms with Crippen molar-refractivity contribution in [3.8, 4) is 0 Å². The van der Waals surface area contributed by atoms with E-state index in [1.807, 2.05) is 62.1 Å². The largest absolute Gasteiger partial charge is 0.444 e. The van der Waals surface area contributed by atoms with Crippen molar-refractivity contribution in [2.45, 2.75) is 64.0 Å². The van der Waals surface area contributed by atoms with E-state index >= 15 is 0 Å². The van der Waals surface area contributed by atoms with E-state index in [0.717, 1.165) is 35.0 Å². The van der Waals surface area contributed by atoms with Crippen LogP contribution < -0.4 is 5.32 Å². The number of fused-ring (bicyclic) bond motifs is 1. The number of amides is 3. The van der Waals surface area contributed by atoms with Crippen molar-refractivity contribution in [1.29, 1.82) is 0 Å². The molecule has 3 aliphatic rings.